The van der Waals surface area contributed by atoms with Crippen LogP contribution >= 0.6 is 31.7 Å². The minimum absolute atomic E-state index is 0. The summed E-state index contributed by atoms with van der Waals surface area (Å²) in [5.41, 5.74) is 0. The van der Waals surface area contributed by atoms with E-state index in [9.17, 15) is 0 Å². The number of benzene rings is 8. The van der Waals surface area contributed by atoms with Gasteiger partial charge in [-0.3, -0.25) is 0 Å². The fourth-order valence-corrected chi connectivity index (χ4v) is 17.2. The van der Waals surface area contributed by atoms with Crippen LogP contribution in [0.25, 0.3) is 0 Å². The molecule has 0 nitrogen and oxygen atoms in total. The van der Waals surface area contributed by atoms with Gasteiger partial charge in [0.05, 0.1) is 0 Å². The first-order chi connectivity index (χ1) is 29.8. The monoisotopic (exact) mass is 958 g/mol. The fourth-order valence-electron chi connectivity index (χ4n) is 7.57. The van der Waals surface area contributed by atoms with Crippen LogP contribution < -0.4 is 42.4 Å². The van der Waals surface area contributed by atoms with Crippen molar-refractivity contribution in [2.45, 2.75) is 25.7 Å². The van der Waals surface area contributed by atoms with Gasteiger partial charge in [-0.25, -0.2) is 0 Å². The van der Waals surface area contributed by atoms with Crippen LogP contribution in [0.3, 0.4) is 0 Å². The Morgan fingerprint density at radius 1 is 0.180 bits per heavy atom. The predicted octanol–water partition coefficient (Wildman–Crippen LogP) is 12.1. The molecule has 8 aromatic rings. The Labute approximate surface area is 385 Å². The third-order valence-electron chi connectivity index (χ3n) is 10.6. The van der Waals surface area contributed by atoms with E-state index in [-0.39, 0.29) is 52.1 Å². The van der Waals surface area contributed by atoms with E-state index in [0.29, 0.717) is 0 Å². The van der Waals surface area contributed by atoms with Crippen molar-refractivity contribution in [2.24, 2.45) is 0 Å². The molecule has 0 radical (unpaired) electrons. The molecule has 61 heavy (non-hydrogen) atoms. The number of hydrogen-bond donors (Lipinski definition) is 0. The normalized spacial score (nSPS) is 11.0. The predicted molar refractivity (Wildman–Crippen MR) is 274 cm³/mol. The zero-order chi connectivity index (χ0) is 40.9. The molecule has 0 atom stereocenters. The van der Waals surface area contributed by atoms with E-state index in [1.807, 2.05) is 0 Å². The summed E-state index contributed by atoms with van der Waals surface area (Å²) in [6.07, 6.45) is 10.1. The summed E-state index contributed by atoms with van der Waals surface area (Å²) < 4.78 is 0. The Hall–Kier alpha value is -3.86. The first-order valence-corrected chi connectivity index (χ1v) is 27.4. The third-order valence-corrected chi connectivity index (χ3v) is 21.0. The minimum Gasteiger partial charge on any atom is -0.0622 e. The average molecular weight is 959 g/mol. The Kier molecular flexibility index (Phi) is 20.3. The maximum absolute atomic E-state index is 2.31. The topological polar surface area (TPSA) is 0 Å². The van der Waals surface area contributed by atoms with Crippen LogP contribution in [0.2, 0.25) is 0 Å². The molecule has 0 aliphatic carbocycles. The van der Waals surface area contributed by atoms with E-state index in [2.05, 4.69) is 243 Å². The average Bonchev–Trinajstić information content (AvgIpc) is 3.34. The Morgan fingerprint density at radius 2 is 0.295 bits per heavy atom. The number of rotatable bonds is 18. The molecule has 5 heteroatoms. The summed E-state index contributed by atoms with van der Waals surface area (Å²) in [4.78, 5) is 0. The summed E-state index contributed by atoms with van der Waals surface area (Å²) in [7, 11) is -1.13. The summed E-state index contributed by atoms with van der Waals surface area (Å²) in [5, 5.41) is 11.9. The van der Waals surface area contributed by atoms with Crippen molar-refractivity contribution in [1.29, 1.82) is 0 Å². The van der Waals surface area contributed by atoms with Crippen molar-refractivity contribution in [1.82, 2.24) is 0 Å². The van der Waals surface area contributed by atoms with Gasteiger partial charge in [0.1, 0.15) is 0 Å². The molecule has 0 saturated heterocycles. The quantitative estimate of drug-likeness (QED) is 0.0457. The molecule has 310 valence electrons. The van der Waals surface area contributed by atoms with E-state index in [1.165, 1.54) is 92.8 Å². The van der Waals surface area contributed by atoms with Crippen molar-refractivity contribution >= 4 is 74.1 Å². The van der Waals surface area contributed by atoms with Crippen LogP contribution in [0.1, 0.15) is 25.7 Å². The first kappa shape index (κ1) is 46.6. The van der Waals surface area contributed by atoms with Crippen LogP contribution in [0.15, 0.2) is 243 Å². The molecule has 8 aromatic carbocycles. The van der Waals surface area contributed by atoms with Gasteiger partial charge in [-0.05, 0) is 124 Å². The van der Waals surface area contributed by atoms with E-state index < -0.39 is 0 Å². The third kappa shape index (κ3) is 14.6. The maximum Gasteiger partial charge on any atom is 0 e. The van der Waals surface area contributed by atoms with Crippen molar-refractivity contribution in [3.63, 3.8) is 0 Å². The number of hydrogen-bond acceptors (Lipinski definition) is 0. The van der Waals surface area contributed by atoms with Crippen molar-refractivity contribution < 1.29 is 20.4 Å². The molecule has 0 saturated carbocycles. The molecule has 0 N–H and O–H groups in total. The van der Waals surface area contributed by atoms with E-state index >= 15 is 0 Å². The van der Waals surface area contributed by atoms with Gasteiger partial charge in [0.2, 0.25) is 0 Å². The van der Waals surface area contributed by atoms with Gasteiger partial charge in [0.25, 0.3) is 0 Å². The second-order valence-electron chi connectivity index (χ2n) is 14.7. The summed E-state index contributed by atoms with van der Waals surface area (Å²) in [5.74, 6) is 0. The zero-order valence-electron chi connectivity index (χ0n) is 34.9. The van der Waals surface area contributed by atoms with Crippen LogP contribution in [-0.4, -0.2) is 24.6 Å². The first-order valence-electron chi connectivity index (χ1n) is 21.3. The van der Waals surface area contributed by atoms with Gasteiger partial charge >= 0.3 is 0 Å². The van der Waals surface area contributed by atoms with Gasteiger partial charge < -0.3 is 0 Å². The smallest absolute Gasteiger partial charge is 0 e. The van der Waals surface area contributed by atoms with Crippen LogP contribution in [-0.2, 0) is 20.4 Å². The van der Waals surface area contributed by atoms with E-state index in [0.717, 1.165) is 0 Å². The van der Waals surface area contributed by atoms with Gasteiger partial charge in [-0.2, -0.15) is 0 Å². The van der Waals surface area contributed by atoms with Crippen molar-refractivity contribution in [2.75, 3.05) is 24.6 Å². The molecular formula is C56H56P4Pd. The molecule has 0 heterocycles. The molecule has 0 unspecified atom stereocenters. The molecule has 8 rings (SSSR count). The van der Waals surface area contributed by atoms with Gasteiger partial charge in [0.15, 0.2) is 0 Å². The molecule has 0 amide bonds. The SMILES string of the molecule is [Pd].c1ccc(P(CCCCP(c2ccccc2)c2ccccc2)c2ccccc2)cc1.c1ccc(P(CCCCP(c2ccccc2)c2ccccc2)c2ccccc2)cc1. The largest absolute Gasteiger partial charge is 0.0622 e. The Morgan fingerprint density at radius 3 is 0.410 bits per heavy atom. The van der Waals surface area contributed by atoms with Gasteiger partial charge in [0, 0.05) is 20.4 Å². The molecule has 0 spiro atoms. The molecule has 0 aliphatic heterocycles. The molecular weight excluding hydrogens is 903 g/mol. The van der Waals surface area contributed by atoms with Gasteiger partial charge in [-0.1, -0.05) is 243 Å². The van der Waals surface area contributed by atoms with Gasteiger partial charge in [-0.15, -0.1) is 0 Å². The standard InChI is InChI=1S/2C28H28P2.Pd/c2*1-5-15-25(16-6-1)29(26-17-7-2-8-18-26)23-13-14-24-30(27-19-9-3-10-20-27)28-21-11-4-12-22-28;/h2*1-12,15-22H,13-14,23-24H2;. The Balaban J connectivity index is 0.000000201. The van der Waals surface area contributed by atoms with Crippen LogP contribution in [0.4, 0.5) is 0 Å². The Bertz CT molecular complexity index is 1820. The summed E-state index contributed by atoms with van der Waals surface area (Å²) in [6, 6.07) is 88.7. The van der Waals surface area contributed by atoms with E-state index in [1.54, 1.807) is 0 Å². The van der Waals surface area contributed by atoms with E-state index in [4.69, 9.17) is 0 Å². The molecule has 0 aromatic heterocycles. The summed E-state index contributed by atoms with van der Waals surface area (Å²) >= 11 is 0. The second kappa shape index (κ2) is 26.6. The molecule has 0 bridgehead atoms. The molecule has 0 aliphatic rings. The maximum atomic E-state index is 2.31. The van der Waals surface area contributed by atoms with Crippen LogP contribution in [0, 0.1) is 0 Å². The second-order valence-corrected chi connectivity index (χ2v) is 24.0. The van der Waals surface area contributed by atoms with Crippen LogP contribution in [0.5, 0.6) is 0 Å². The van der Waals surface area contributed by atoms with Crippen molar-refractivity contribution in [3.05, 3.63) is 243 Å². The summed E-state index contributed by atoms with van der Waals surface area (Å²) in [6.45, 7) is 0. The number of unbranched alkanes of at least 4 members (excludes halogenated alkanes) is 2. The van der Waals surface area contributed by atoms with Crippen molar-refractivity contribution in [3.8, 4) is 0 Å². The molecule has 0 fully saturated rings. The zero-order valence-corrected chi connectivity index (χ0v) is 40.0. The minimum atomic E-state index is -0.283. The fraction of sp³-hybridized carbons (Fsp3) is 0.143.